The normalized spacial score (nSPS) is 15.9. The van der Waals surface area contributed by atoms with Crippen molar-refractivity contribution in [1.82, 2.24) is 10.6 Å². The molecule has 0 saturated carbocycles. The number of nitrogens with one attached hydrogen (secondary N) is 2. The molecule has 20 heavy (non-hydrogen) atoms. The number of hydrogen-bond donors (Lipinski definition) is 2. The summed E-state index contributed by atoms with van der Waals surface area (Å²) < 4.78 is 37.3. The lowest BCUT2D eigenvalue weighted by Gasteiger charge is -2.18. The van der Waals surface area contributed by atoms with Gasteiger partial charge in [0.15, 0.2) is 0 Å². The third kappa shape index (κ3) is 4.47. The van der Waals surface area contributed by atoms with Gasteiger partial charge in [-0.25, -0.2) is 0 Å². The van der Waals surface area contributed by atoms with Gasteiger partial charge in [0.25, 0.3) is 0 Å². The number of hydrogen-bond acceptors (Lipinski definition) is 2. The summed E-state index contributed by atoms with van der Waals surface area (Å²) in [5.41, 5.74) is 0.315. The van der Waals surface area contributed by atoms with Gasteiger partial charge in [0.1, 0.15) is 0 Å². The number of halogens is 3. The molecule has 0 saturated heterocycles. The third-order valence-electron chi connectivity index (χ3n) is 3.07. The van der Waals surface area contributed by atoms with E-state index >= 15 is 0 Å². The van der Waals surface area contributed by atoms with Crippen LogP contribution in [-0.2, 0) is 6.18 Å². The van der Waals surface area contributed by atoms with Crippen LogP contribution in [0.5, 0.6) is 0 Å². The van der Waals surface area contributed by atoms with E-state index in [1.807, 2.05) is 33.2 Å². The van der Waals surface area contributed by atoms with Crippen LogP contribution in [0.25, 0.3) is 0 Å². The van der Waals surface area contributed by atoms with Gasteiger partial charge in [-0.05, 0) is 30.0 Å². The van der Waals surface area contributed by atoms with Crippen molar-refractivity contribution in [1.29, 1.82) is 0 Å². The smallest absolute Gasteiger partial charge is 0.370 e. The van der Waals surface area contributed by atoms with E-state index < -0.39 is 11.7 Å². The summed E-state index contributed by atoms with van der Waals surface area (Å²) in [6.45, 7) is 6.00. The summed E-state index contributed by atoms with van der Waals surface area (Å²) >= 11 is 0. The number of alkyl halides is 3. The van der Waals surface area contributed by atoms with Gasteiger partial charge in [0.05, 0.1) is 11.7 Å². The van der Waals surface area contributed by atoms with Crippen LogP contribution in [0.1, 0.15) is 44.2 Å². The van der Waals surface area contributed by atoms with Crippen LogP contribution < -0.4 is 10.6 Å². The van der Waals surface area contributed by atoms with Gasteiger partial charge in [-0.3, -0.25) is 0 Å². The predicted molar refractivity (Wildman–Crippen MR) is 75.0 cm³/mol. The van der Waals surface area contributed by atoms with Gasteiger partial charge < -0.3 is 10.6 Å². The highest BCUT2D eigenvalue weighted by molar-refractivity contribution is 5.27. The van der Waals surface area contributed by atoms with Crippen molar-refractivity contribution in [3.8, 4) is 0 Å². The minimum Gasteiger partial charge on any atom is -0.370 e. The summed E-state index contributed by atoms with van der Waals surface area (Å²) in [4.78, 5) is 0. The lowest BCUT2D eigenvalue weighted by Crippen LogP contribution is -2.31. The molecule has 1 aliphatic rings. The molecule has 1 aromatic carbocycles. The largest absolute Gasteiger partial charge is 0.416 e. The van der Waals surface area contributed by atoms with Gasteiger partial charge in [0.2, 0.25) is 0 Å². The molecule has 5 heteroatoms. The predicted octanol–water partition coefficient (Wildman–Crippen LogP) is 4.22. The summed E-state index contributed by atoms with van der Waals surface area (Å²) in [7, 11) is 0. The van der Waals surface area contributed by atoms with Crippen LogP contribution >= 0.6 is 0 Å². The van der Waals surface area contributed by atoms with E-state index in [-0.39, 0.29) is 12.1 Å². The molecule has 0 fully saturated rings. The van der Waals surface area contributed by atoms with Crippen molar-refractivity contribution < 1.29 is 13.2 Å². The fraction of sp³-hybridized carbons (Fsp3) is 0.467. The minimum absolute atomic E-state index is 0.155. The quantitative estimate of drug-likeness (QED) is 0.869. The second-order valence-corrected chi connectivity index (χ2v) is 4.48. The van der Waals surface area contributed by atoms with Gasteiger partial charge in [-0.2, -0.15) is 13.2 Å². The van der Waals surface area contributed by atoms with Gasteiger partial charge in [0, 0.05) is 12.4 Å². The molecule has 0 spiro atoms. The maximum Gasteiger partial charge on any atom is 0.416 e. The first-order valence-corrected chi connectivity index (χ1v) is 6.81. The van der Waals surface area contributed by atoms with Crippen molar-refractivity contribution in [2.75, 3.05) is 0 Å². The van der Waals surface area contributed by atoms with E-state index in [1.54, 1.807) is 12.1 Å². The Hall–Kier alpha value is -1.65. The van der Waals surface area contributed by atoms with Crippen molar-refractivity contribution in [3.63, 3.8) is 0 Å². The van der Waals surface area contributed by atoms with Crippen molar-refractivity contribution in [3.05, 3.63) is 47.8 Å². The maximum absolute atomic E-state index is 12.4. The SMILES string of the molecule is CC.CC(CC1NC=CN1)c1ccc(C(F)(F)F)cc1. The van der Waals surface area contributed by atoms with E-state index in [2.05, 4.69) is 10.6 Å². The molecule has 0 amide bonds. The zero-order valence-corrected chi connectivity index (χ0v) is 12.0. The molecule has 0 radical (unpaired) electrons. The van der Waals surface area contributed by atoms with E-state index in [0.29, 0.717) is 0 Å². The molecule has 0 aromatic heterocycles. The molecular formula is C15H21F3N2. The Morgan fingerprint density at radius 1 is 1.05 bits per heavy atom. The Labute approximate surface area is 118 Å². The first-order chi connectivity index (χ1) is 9.47. The average molecular weight is 286 g/mol. The molecule has 2 rings (SSSR count). The van der Waals surface area contributed by atoms with E-state index in [9.17, 15) is 13.2 Å². The second-order valence-electron chi connectivity index (χ2n) is 4.48. The molecule has 1 heterocycles. The lowest BCUT2D eigenvalue weighted by molar-refractivity contribution is -0.137. The maximum atomic E-state index is 12.4. The fourth-order valence-electron chi connectivity index (χ4n) is 2.00. The summed E-state index contributed by atoms with van der Waals surface area (Å²) in [6.07, 6.45) is 0.356. The van der Waals surface area contributed by atoms with E-state index in [1.165, 1.54) is 0 Å². The van der Waals surface area contributed by atoms with Crippen LogP contribution in [0.15, 0.2) is 36.7 Å². The molecule has 1 aliphatic heterocycles. The number of benzene rings is 1. The Balaban J connectivity index is 0.000000956. The second kappa shape index (κ2) is 7.22. The molecule has 1 aromatic rings. The number of rotatable bonds is 3. The van der Waals surface area contributed by atoms with E-state index in [0.717, 1.165) is 24.1 Å². The Morgan fingerprint density at radius 2 is 1.55 bits per heavy atom. The van der Waals surface area contributed by atoms with Gasteiger partial charge in [-0.1, -0.05) is 32.9 Å². The minimum atomic E-state index is -4.26. The molecule has 0 bridgehead atoms. The Bertz CT molecular complexity index is 416. The van der Waals surface area contributed by atoms with Crippen molar-refractivity contribution in [2.24, 2.45) is 0 Å². The monoisotopic (exact) mass is 286 g/mol. The Kier molecular flexibility index (Phi) is 5.92. The molecule has 1 unspecified atom stereocenters. The van der Waals surface area contributed by atoms with Crippen molar-refractivity contribution >= 4 is 0 Å². The van der Waals surface area contributed by atoms with E-state index in [4.69, 9.17) is 0 Å². The summed E-state index contributed by atoms with van der Waals surface area (Å²) in [6, 6.07) is 5.38. The highest BCUT2D eigenvalue weighted by Gasteiger charge is 2.30. The van der Waals surface area contributed by atoms with Gasteiger partial charge in [-0.15, -0.1) is 0 Å². The zero-order valence-electron chi connectivity index (χ0n) is 12.0. The van der Waals surface area contributed by atoms with Crippen LogP contribution in [0.4, 0.5) is 13.2 Å². The van der Waals surface area contributed by atoms with Crippen LogP contribution in [0.3, 0.4) is 0 Å². The standard InChI is InChI=1S/C13H15F3N2.C2H6/c1-9(8-12-17-6-7-18-12)10-2-4-11(5-3-10)13(14,15)16;1-2/h2-7,9,12,17-18H,8H2,1H3;1-2H3. The molecule has 112 valence electrons. The molecule has 2 N–H and O–H groups in total. The first kappa shape index (κ1) is 16.4. The van der Waals surface area contributed by atoms with Crippen LogP contribution in [0.2, 0.25) is 0 Å². The molecular weight excluding hydrogens is 265 g/mol. The third-order valence-corrected chi connectivity index (χ3v) is 3.07. The van der Waals surface area contributed by atoms with Crippen LogP contribution in [-0.4, -0.2) is 6.17 Å². The first-order valence-electron chi connectivity index (χ1n) is 6.81. The Morgan fingerprint density at radius 3 is 2.00 bits per heavy atom. The molecule has 0 aliphatic carbocycles. The molecule has 1 atom stereocenters. The summed E-state index contributed by atoms with van der Waals surface area (Å²) in [5, 5.41) is 6.24. The zero-order chi connectivity index (χ0) is 15.2. The highest BCUT2D eigenvalue weighted by atomic mass is 19.4. The lowest BCUT2D eigenvalue weighted by atomic mass is 9.95. The summed E-state index contributed by atoms with van der Waals surface area (Å²) in [5.74, 6) is 0.192. The molecule has 2 nitrogen and oxygen atoms in total. The average Bonchev–Trinajstić information content (AvgIpc) is 2.93. The van der Waals surface area contributed by atoms with Gasteiger partial charge >= 0.3 is 6.18 Å². The highest BCUT2D eigenvalue weighted by Crippen LogP contribution is 2.30. The fourth-order valence-corrected chi connectivity index (χ4v) is 2.00. The van der Waals surface area contributed by atoms with Crippen molar-refractivity contribution in [2.45, 2.75) is 45.5 Å². The topological polar surface area (TPSA) is 24.1 Å². The van der Waals surface area contributed by atoms with Crippen LogP contribution in [0, 0.1) is 0 Å².